The molecule has 0 fully saturated rings. The van der Waals surface area contributed by atoms with Crippen LogP contribution in [0.1, 0.15) is 21.6 Å². The van der Waals surface area contributed by atoms with E-state index in [2.05, 4.69) is 20.4 Å². The zero-order valence-corrected chi connectivity index (χ0v) is 17.2. The van der Waals surface area contributed by atoms with E-state index in [1.807, 2.05) is 12.1 Å². The zero-order chi connectivity index (χ0) is 22.6. The van der Waals surface area contributed by atoms with E-state index >= 15 is 0 Å². The summed E-state index contributed by atoms with van der Waals surface area (Å²) in [6, 6.07) is 5.51. The van der Waals surface area contributed by atoms with Crippen molar-refractivity contribution in [2.45, 2.75) is 19.1 Å². The fourth-order valence-corrected chi connectivity index (χ4v) is 2.90. The van der Waals surface area contributed by atoms with E-state index < -0.39 is 28.6 Å². The first kappa shape index (κ1) is 22.3. The Morgan fingerprint density at radius 2 is 1.94 bits per heavy atom. The van der Waals surface area contributed by atoms with Crippen molar-refractivity contribution in [3.8, 4) is 11.5 Å². The van der Waals surface area contributed by atoms with Gasteiger partial charge in [0, 0.05) is 18.9 Å². The van der Waals surface area contributed by atoms with Gasteiger partial charge in [0.1, 0.15) is 0 Å². The van der Waals surface area contributed by atoms with Crippen molar-refractivity contribution < 1.29 is 27.4 Å². The summed E-state index contributed by atoms with van der Waals surface area (Å²) in [5.41, 5.74) is -0.965. The van der Waals surface area contributed by atoms with Crippen LogP contribution in [0.2, 0.25) is 5.28 Å². The SMILES string of the molecule is COc1ccc(CCn2cc(NC(=O)c3cnc(Cl)nc3C(F)(F)F)cn2)cc1OC. The molecule has 0 bridgehead atoms. The van der Waals surface area contributed by atoms with Crippen LogP contribution in [-0.4, -0.2) is 39.9 Å². The number of hydrogen-bond donors (Lipinski definition) is 1. The van der Waals surface area contributed by atoms with Crippen LogP contribution in [0, 0.1) is 0 Å². The lowest BCUT2D eigenvalue weighted by atomic mass is 10.1. The number of methoxy groups -OCH3 is 2. The number of alkyl halides is 3. The third-order valence-corrected chi connectivity index (χ3v) is 4.42. The lowest BCUT2D eigenvalue weighted by Gasteiger charge is -2.11. The average Bonchev–Trinajstić information content (AvgIpc) is 3.18. The Hall–Kier alpha value is -3.34. The molecule has 3 aromatic rings. The fraction of sp³-hybridized carbons (Fsp3) is 0.263. The molecule has 0 aliphatic carbocycles. The van der Waals surface area contributed by atoms with E-state index in [-0.39, 0.29) is 5.69 Å². The number of carbonyl (C=O) groups is 1. The monoisotopic (exact) mass is 455 g/mol. The number of ether oxygens (including phenoxy) is 2. The van der Waals surface area contributed by atoms with Crippen molar-refractivity contribution in [3.05, 3.63) is 58.9 Å². The molecule has 0 aliphatic rings. The highest BCUT2D eigenvalue weighted by atomic mass is 35.5. The lowest BCUT2D eigenvalue weighted by molar-refractivity contribution is -0.141. The second-order valence-electron chi connectivity index (χ2n) is 6.28. The molecule has 1 aromatic carbocycles. The number of nitrogens with zero attached hydrogens (tertiary/aromatic N) is 4. The van der Waals surface area contributed by atoms with Crippen LogP contribution in [-0.2, 0) is 19.1 Å². The molecule has 31 heavy (non-hydrogen) atoms. The van der Waals surface area contributed by atoms with Gasteiger partial charge in [0.25, 0.3) is 5.91 Å². The van der Waals surface area contributed by atoms with E-state index in [1.54, 1.807) is 25.0 Å². The highest BCUT2D eigenvalue weighted by Crippen LogP contribution is 2.31. The smallest absolute Gasteiger partial charge is 0.434 e. The van der Waals surface area contributed by atoms with Gasteiger partial charge in [0.05, 0.1) is 31.7 Å². The summed E-state index contributed by atoms with van der Waals surface area (Å²) in [5, 5.41) is 5.87. The second kappa shape index (κ2) is 9.21. The lowest BCUT2D eigenvalue weighted by Crippen LogP contribution is -2.20. The number of hydrogen-bond acceptors (Lipinski definition) is 6. The van der Waals surface area contributed by atoms with Crippen LogP contribution in [0.15, 0.2) is 36.8 Å². The number of aromatic nitrogens is 4. The molecule has 0 saturated heterocycles. The topological polar surface area (TPSA) is 91.2 Å². The molecule has 0 saturated carbocycles. The number of aryl methyl sites for hydroxylation is 2. The van der Waals surface area contributed by atoms with Crippen LogP contribution >= 0.6 is 11.6 Å². The first-order valence-corrected chi connectivity index (χ1v) is 9.23. The third-order valence-electron chi connectivity index (χ3n) is 4.24. The van der Waals surface area contributed by atoms with Crippen molar-refractivity contribution in [1.82, 2.24) is 19.7 Å². The number of amides is 1. The summed E-state index contributed by atoms with van der Waals surface area (Å²) in [6.45, 7) is 0.462. The molecule has 12 heteroatoms. The number of rotatable bonds is 7. The predicted octanol–water partition coefficient (Wildman–Crippen LogP) is 3.86. The summed E-state index contributed by atoms with van der Waals surface area (Å²) < 4.78 is 51.4. The molecule has 8 nitrogen and oxygen atoms in total. The third kappa shape index (κ3) is 5.43. The zero-order valence-electron chi connectivity index (χ0n) is 16.4. The minimum absolute atomic E-state index is 0.223. The van der Waals surface area contributed by atoms with Crippen molar-refractivity contribution in [3.63, 3.8) is 0 Å². The quantitative estimate of drug-likeness (QED) is 0.544. The number of benzene rings is 1. The molecule has 3 rings (SSSR count). The van der Waals surface area contributed by atoms with Crippen LogP contribution in [0.5, 0.6) is 11.5 Å². The molecule has 0 radical (unpaired) electrons. The van der Waals surface area contributed by atoms with E-state index in [0.29, 0.717) is 24.5 Å². The van der Waals surface area contributed by atoms with Crippen LogP contribution in [0.4, 0.5) is 18.9 Å². The summed E-state index contributed by atoms with van der Waals surface area (Å²) in [4.78, 5) is 18.9. The van der Waals surface area contributed by atoms with Gasteiger partial charge in [-0.25, -0.2) is 9.97 Å². The summed E-state index contributed by atoms with van der Waals surface area (Å²) >= 11 is 5.43. The van der Waals surface area contributed by atoms with Gasteiger partial charge >= 0.3 is 6.18 Å². The van der Waals surface area contributed by atoms with Crippen LogP contribution in [0.25, 0.3) is 0 Å². The van der Waals surface area contributed by atoms with Gasteiger partial charge in [-0.3, -0.25) is 9.48 Å². The Bertz CT molecular complexity index is 1090. The Kier molecular flexibility index (Phi) is 6.64. The largest absolute Gasteiger partial charge is 0.493 e. The van der Waals surface area contributed by atoms with Crippen molar-refractivity contribution in [1.29, 1.82) is 0 Å². The molecule has 1 N–H and O–H groups in total. The molecule has 0 spiro atoms. The average molecular weight is 456 g/mol. The Morgan fingerprint density at radius 3 is 2.61 bits per heavy atom. The Balaban J connectivity index is 1.68. The first-order chi connectivity index (χ1) is 14.7. The van der Waals surface area contributed by atoms with E-state index in [0.717, 1.165) is 11.8 Å². The highest BCUT2D eigenvalue weighted by Gasteiger charge is 2.38. The molecule has 164 valence electrons. The maximum atomic E-state index is 13.1. The van der Waals surface area contributed by atoms with Gasteiger partial charge < -0.3 is 14.8 Å². The van der Waals surface area contributed by atoms with Crippen molar-refractivity contribution in [2.75, 3.05) is 19.5 Å². The molecular formula is C19H17ClF3N5O3. The van der Waals surface area contributed by atoms with E-state index in [9.17, 15) is 18.0 Å². The predicted molar refractivity (Wildman–Crippen MR) is 105 cm³/mol. The molecule has 2 heterocycles. The van der Waals surface area contributed by atoms with Gasteiger partial charge in [-0.05, 0) is 35.7 Å². The van der Waals surface area contributed by atoms with Crippen molar-refractivity contribution in [2.24, 2.45) is 0 Å². The van der Waals surface area contributed by atoms with E-state index in [1.165, 1.54) is 12.4 Å². The molecule has 1 amide bonds. The van der Waals surface area contributed by atoms with Gasteiger partial charge in [-0.1, -0.05) is 6.07 Å². The number of anilines is 1. The minimum Gasteiger partial charge on any atom is -0.493 e. The van der Waals surface area contributed by atoms with Crippen LogP contribution < -0.4 is 14.8 Å². The molecule has 0 atom stereocenters. The van der Waals surface area contributed by atoms with Gasteiger partial charge in [0.15, 0.2) is 17.2 Å². The second-order valence-corrected chi connectivity index (χ2v) is 6.62. The Morgan fingerprint density at radius 1 is 1.19 bits per heavy atom. The fourth-order valence-electron chi connectivity index (χ4n) is 2.77. The van der Waals surface area contributed by atoms with Gasteiger partial charge in [0.2, 0.25) is 5.28 Å². The first-order valence-electron chi connectivity index (χ1n) is 8.85. The van der Waals surface area contributed by atoms with Crippen molar-refractivity contribution >= 4 is 23.2 Å². The Labute approximate surface area is 180 Å². The molecule has 2 aromatic heterocycles. The molecular weight excluding hydrogens is 439 g/mol. The number of carbonyl (C=O) groups excluding carboxylic acids is 1. The maximum absolute atomic E-state index is 13.1. The summed E-state index contributed by atoms with van der Waals surface area (Å²) in [7, 11) is 3.09. The van der Waals surface area contributed by atoms with Gasteiger partial charge in [-0.2, -0.15) is 18.3 Å². The minimum atomic E-state index is -4.86. The highest BCUT2D eigenvalue weighted by molar-refractivity contribution is 6.28. The number of halogens is 4. The van der Waals surface area contributed by atoms with E-state index in [4.69, 9.17) is 21.1 Å². The van der Waals surface area contributed by atoms with Crippen LogP contribution in [0.3, 0.4) is 0 Å². The normalized spacial score (nSPS) is 11.3. The number of nitrogens with one attached hydrogen (secondary N) is 1. The maximum Gasteiger partial charge on any atom is 0.434 e. The summed E-state index contributed by atoms with van der Waals surface area (Å²) in [5.74, 6) is 0.183. The standard InChI is InChI=1S/C19H17ClF3N5O3/c1-30-14-4-3-11(7-15(14)31-2)5-6-28-10-12(8-25-28)26-17(29)13-9-24-18(20)27-16(13)19(21,22)23/h3-4,7-10H,5-6H2,1-2H3,(H,26,29). The molecule has 0 unspecified atom stereocenters. The molecule has 0 aliphatic heterocycles. The summed E-state index contributed by atoms with van der Waals surface area (Å²) in [6.07, 6.45) is -0.699. The van der Waals surface area contributed by atoms with Gasteiger partial charge in [-0.15, -0.1) is 0 Å².